The Hall–Kier alpha value is -1.68. The van der Waals surface area contributed by atoms with E-state index in [1.165, 1.54) is 16.7 Å². The number of methoxy groups -OCH3 is 1. The lowest BCUT2D eigenvalue weighted by Gasteiger charge is -2.25. The van der Waals surface area contributed by atoms with E-state index >= 15 is 0 Å². The zero-order valence-electron chi connectivity index (χ0n) is 14.8. The van der Waals surface area contributed by atoms with Crippen LogP contribution in [0.1, 0.15) is 23.1 Å². The molecule has 2 rings (SSSR count). The molecule has 2 aromatic carbocycles. The summed E-state index contributed by atoms with van der Waals surface area (Å²) in [6.45, 7) is 5.32. The lowest BCUT2D eigenvalue weighted by molar-refractivity contribution is 0.0994. The van der Waals surface area contributed by atoms with Crippen LogP contribution in [-0.4, -0.2) is 42.9 Å². The summed E-state index contributed by atoms with van der Waals surface area (Å²) in [5.74, 6) is 0. The topological polar surface area (TPSA) is 32.7 Å². The Morgan fingerprint density at radius 2 is 1.79 bits per heavy atom. The molecule has 2 aromatic rings. The molecule has 0 fully saturated rings. The van der Waals surface area contributed by atoms with Crippen LogP contribution in [0.25, 0.3) is 0 Å². The van der Waals surface area contributed by atoms with Crippen LogP contribution in [-0.2, 0) is 17.7 Å². The van der Waals surface area contributed by atoms with Gasteiger partial charge in [0, 0.05) is 33.4 Å². The molecule has 0 aliphatic carbocycles. The van der Waals surface area contributed by atoms with Crippen molar-refractivity contribution in [2.75, 3.05) is 26.8 Å². The second kappa shape index (κ2) is 10.2. The maximum Gasteiger partial charge on any atom is 0.0707 e. The number of aliphatic hydroxyl groups is 1. The molecule has 24 heavy (non-hydrogen) atoms. The summed E-state index contributed by atoms with van der Waals surface area (Å²) < 4.78 is 5.17. The standard InChI is InChI=1S/C21H29NO2/c1-18-8-6-11-20(14-18)16-22(12-7-13-24-2)17-21(23)15-19-9-4-3-5-10-19/h3-6,8-11,14,21,23H,7,12-13,15-17H2,1-2H3/t21-/m1/s1. The van der Waals surface area contributed by atoms with Crippen molar-refractivity contribution in [1.82, 2.24) is 4.90 Å². The first kappa shape index (κ1) is 18.7. The fourth-order valence-corrected chi connectivity index (χ4v) is 2.98. The molecular formula is C21H29NO2. The molecule has 0 aliphatic heterocycles. The van der Waals surface area contributed by atoms with Crippen LogP contribution >= 0.6 is 0 Å². The van der Waals surface area contributed by atoms with Gasteiger partial charge in [0.2, 0.25) is 0 Å². The van der Waals surface area contributed by atoms with Crippen LogP contribution < -0.4 is 0 Å². The highest BCUT2D eigenvalue weighted by Gasteiger charge is 2.13. The molecule has 0 unspecified atom stereocenters. The van der Waals surface area contributed by atoms with Gasteiger partial charge in [-0.25, -0.2) is 0 Å². The summed E-state index contributed by atoms with van der Waals surface area (Å²) in [7, 11) is 1.73. The lowest BCUT2D eigenvalue weighted by atomic mass is 10.1. The van der Waals surface area contributed by atoms with Gasteiger partial charge in [-0.2, -0.15) is 0 Å². The minimum Gasteiger partial charge on any atom is -0.391 e. The van der Waals surface area contributed by atoms with Crippen LogP contribution in [0.4, 0.5) is 0 Å². The molecule has 0 heterocycles. The summed E-state index contributed by atoms with van der Waals surface area (Å²) in [5.41, 5.74) is 3.74. The van der Waals surface area contributed by atoms with E-state index in [0.29, 0.717) is 13.0 Å². The van der Waals surface area contributed by atoms with Gasteiger partial charge < -0.3 is 9.84 Å². The Labute approximate surface area is 145 Å². The Balaban J connectivity index is 1.94. The van der Waals surface area contributed by atoms with Crippen LogP contribution in [0.15, 0.2) is 54.6 Å². The second-order valence-corrected chi connectivity index (χ2v) is 6.41. The Morgan fingerprint density at radius 3 is 2.50 bits per heavy atom. The first-order valence-corrected chi connectivity index (χ1v) is 8.66. The zero-order valence-corrected chi connectivity index (χ0v) is 14.8. The van der Waals surface area contributed by atoms with E-state index in [0.717, 1.165) is 26.1 Å². The predicted molar refractivity (Wildman–Crippen MR) is 99.1 cm³/mol. The minimum atomic E-state index is -0.361. The van der Waals surface area contributed by atoms with E-state index in [1.807, 2.05) is 18.2 Å². The average molecular weight is 327 g/mol. The molecule has 0 aromatic heterocycles. The molecule has 1 N–H and O–H groups in total. The zero-order chi connectivity index (χ0) is 17.2. The molecule has 3 nitrogen and oxygen atoms in total. The SMILES string of the molecule is COCCCN(Cc1cccc(C)c1)C[C@H](O)Cc1ccccc1. The number of aryl methyl sites for hydroxylation is 1. The summed E-state index contributed by atoms with van der Waals surface area (Å²) in [5, 5.41) is 10.5. The van der Waals surface area contributed by atoms with Crippen molar-refractivity contribution in [3.8, 4) is 0 Å². The van der Waals surface area contributed by atoms with Gasteiger partial charge in [0.15, 0.2) is 0 Å². The van der Waals surface area contributed by atoms with Crippen LogP contribution in [0.5, 0.6) is 0 Å². The highest BCUT2D eigenvalue weighted by molar-refractivity contribution is 5.22. The molecule has 0 aliphatic rings. The normalized spacial score (nSPS) is 12.5. The minimum absolute atomic E-state index is 0.361. The molecule has 0 spiro atoms. The van der Waals surface area contributed by atoms with E-state index in [2.05, 4.69) is 48.2 Å². The third-order valence-electron chi connectivity index (χ3n) is 4.09. The smallest absolute Gasteiger partial charge is 0.0707 e. The van der Waals surface area contributed by atoms with E-state index in [9.17, 15) is 5.11 Å². The number of nitrogens with zero attached hydrogens (tertiary/aromatic N) is 1. The first-order valence-electron chi connectivity index (χ1n) is 8.66. The molecule has 0 saturated carbocycles. The highest BCUT2D eigenvalue weighted by atomic mass is 16.5. The highest BCUT2D eigenvalue weighted by Crippen LogP contribution is 2.11. The largest absolute Gasteiger partial charge is 0.391 e. The number of rotatable bonds is 10. The number of ether oxygens (including phenoxy) is 1. The molecule has 0 amide bonds. The monoisotopic (exact) mass is 327 g/mol. The van der Waals surface area contributed by atoms with Gasteiger partial charge in [-0.05, 0) is 30.9 Å². The van der Waals surface area contributed by atoms with Gasteiger partial charge in [-0.15, -0.1) is 0 Å². The summed E-state index contributed by atoms with van der Waals surface area (Å²) >= 11 is 0. The Morgan fingerprint density at radius 1 is 1.04 bits per heavy atom. The fraction of sp³-hybridized carbons (Fsp3) is 0.429. The van der Waals surface area contributed by atoms with E-state index in [4.69, 9.17) is 4.74 Å². The van der Waals surface area contributed by atoms with Crippen molar-refractivity contribution < 1.29 is 9.84 Å². The number of aliphatic hydroxyl groups excluding tert-OH is 1. The van der Waals surface area contributed by atoms with Crippen molar-refractivity contribution in [1.29, 1.82) is 0 Å². The van der Waals surface area contributed by atoms with Gasteiger partial charge in [-0.3, -0.25) is 4.90 Å². The number of hydrogen-bond donors (Lipinski definition) is 1. The lowest BCUT2D eigenvalue weighted by Crippen LogP contribution is -2.34. The quantitative estimate of drug-likeness (QED) is 0.679. The molecule has 130 valence electrons. The molecule has 3 heteroatoms. The fourth-order valence-electron chi connectivity index (χ4n) is 2.98. The van der Waals surface area contributed by atoms with Gasteiger partial charge in [0.1, 0.15) is 0 Å². The van der Waals surface area contributed by atoms with E-state index < -0.39 is 0 Å². The van der Waals surface area contributed by atoms with Gasteiger partial charge >= 0.3 is 0 Å². The summed E-state index contributed by atoms with van der Waals surface area (Å²) in [6, 6.07) is 18.8. The predicted octanol–water partition coefficient (Wildman–Crippen LogP) is 3.44. The first-order chi connectivity index (χ1) is 11.7. The van der Waals surface area contributed by atoms with Crippen molar-refractivity contribution in [3.05, 3.63) is 71.3 Å². The van der Waals surface area contributed by atoms with Crippen LogP contribution in [0.2, 0.25) is 0 Å². The second-order valence-electron chi connectivity index (χ2n) is 6.41. The van der Waals surface area contributed by atoms with Crippen molar-refractivity contribution >= 4 is 0 Å². The number of benzene rings is 2. The third-order valence-corrected chi connectivity index (χ3v) is 4.09. The van der Waals surface area contributed by atoms with Crippen LogP contribution in [0, 0.1) is 6.92 Å². The van der Waals surface area contributed by atoms with E-state index in [-0.39, 0.29) is 6.10 Å². The maximum absolute atomic E-state index is 10.5. The Bertz CT molecular complexity index is 585. The van der Waals surface area contributed by atoms with Crippen molar-refractivity contribution in [2.45, 2.75) is 32.4 Å². The van der Waals surface area contributed by atoms with Crippen molar-refractivity contribution in [2.24, 2.45) is 0 Å². The third kappa shape index (κ3) is 6.83. The molecule has 0 bridgehead atoms. The molecule has 1 atom stereocenters. The average Bonchev–Trinajstić information content (AvgIpc) is 2.56. The maximum atomic E-state index is 10.5. The van der Waals surface area contributed by atoms with Gasteiger partial charge in [-0.1, -0.05) is 60.2 Å². The van der Waals surface area contributed by atoms with E-state index in [1.54, 1.807) is 7.11 Å². The molecular weight excluding hydrogens is 298 g/mol. The van der Waals surface area contributed by atoms with Gasteiger partial charge in [0.05, 0.1) is 6.10 Å². The Kier molecular flexibility index (Phi) is 7.96. The van der Waals surface area contributed by atoms with Crippen LogP contribution in [0.3, 0.4) is 0 Å². The molecule has 0 radical (unpaired) electrons. The number of hydrogen-bond acceptors (Lipinski definition) is 3. The van der Waals surface area contributed by atoms with Crippen molar-refractivity contribution in [3.63, 3.8) is 0 Å². The van der Waals surface area contributed by atoms with Gasteiger partial charge in [0.25, 0.3) is 0 Å². The summed E-state index contributed by atoms with van der Waals surface area (Å²) in [4.78, 5) is 2.32. The summed E-state index contributed by atoms with van der Waals surface area (Å²) in [6.07, 6.45) is 1.30. The molecule has 0 saturated heterocycles.